The van der Waals surface area contributed by atoms with Crippen molar-refractivity contribution in [2.24, 2.45) is 0 Å². The van der Waals surface area contributed by atoms with Gasteiger partial charge in [-0.2, -0.15) is 5.26 Å². The molecule has 0 saturated heterocycles. The highest BCUT2D eigenvalue weighted by Crippen LogP contribution is 1.68. The van der Waals surface area contributed by atoms with Crippen LogP contribution in [0.3, 0.4) is 0 Å². The largest absolute Gasteiger partial charge is 0.478 e. The number of allylic oxidation sites excluding steroid dienone is 1. The maximum atomic E-state index is 9.85. The predicted molar refractivity (Wildman–Crippen MR) is 37.9 cm³/mol. The third-order valence-electron chi connectivity index (χ3n) is 0.562. The number of carboxylic acids is 1. The smallest absolute Gasteiger partial charge is 0.328 e. The lowest BCUT2D eigenvalue weighted by molar-refractivity contribution is -0.131. The summed E-state index contributed by atoms with van der Waals surface area (Å²) in [6.07, 6.45) is 2.04. The number of hydrogen-bond donors (Lipinski definition) is 1. The lowest BCUT2D eigenvalue weighted by atomic mass is 10.5. The molecular weight excluding hydrogens is 142 g/mol. The average Bonchev–Trinajstić information content (AvgIpc) is 1.96. The van der Waals surface area contributed by atoms with Crippen LogP contribution in [0.4, 0.5) is 0 Å². The van der Waals surface area contributed by atoms with Crippen molar-refractivity contribution >= 4 is 5.97 Å². The van der Waals surface area contributed by atoms with Crippen LogP contribution in [0.25, 0.3) is 0 Å². The molecule has 0 atom stereocenters. The van der Waals surface area contributed by atoms with Gasteiger partial charge in [0.1, 0.15) is 0 Å². The monoisotopic (exact) mass is 145 g/mol. The van der Waals surface area contributed by atoms with Gasteiger partial charge in [-0.1, -0.05) is 5.92 Å². The van der Waals surface area contributed by atoms with E-state index in [9.17, 15) is 4.79 Å². The zero-order valence-electron chi connectivity index (χ0n) is 5.46. The molecule has 0 radical (unpaired) electrons. The first-order valence-corrected chi connectivity index (χ1v) is 2.56. The molecule has 0 aliphatic heterocycles. The zero-order chi connectivity index (χ0) is 8.53. The van der Waals surface area contributed by atoms with Gasteiger partial charge < -0.3 is 5.11 Å². The van der Waals surface area contributed by atoms with E-state index in [1.807, 2.05) is 5.92 Å². The fourth-order valence-electron chi connectivity index (χ4n) is 0.250. The second-order valence-electron chi connectivity index (χ2n) is 1.30. The quantitative estimate of drug-likeness (QED) is 0.422. The van der Waals surface area contributed by atoms with Crippen LogP contribution in [0.2, 0.25) is 0 Å². The van der Waals surface area contributed by atoms with Gasteiger partial charge in [-0.15, -0.1) is 0 Å². The van der Waals surface area contributed by atoms with E-state index < -0.39 is 5.97 Å². The lowest BCUT2D eigenvalue weighted by Crippen LogP contribution is -1.84. The van der Waals surface area contributed by atoms with Crippen molar-refractivity contribution in [1.82, 2.24) is 0 Å². The Morgan fingerprint density at radius 1 is 1.36 bits per heavy atom. The topological polar surface area (TPSA) is 61.1 Å². The SMILES string of the molecule is N#CC#CC#CC=CC(=O)O. The Kier molecular flexibility index (Phi) is 4.77. The second-order valence-corrected chi connectivity index (χ2v) is 1.30. The van der Waals surface area contributed by atoms with E-state index in [1.54, 1.807) is 6.07 Å². The molecule has 0 aromatic heterocycles. The number of nitriles is 1. The van der Waals surface area contributed by atoms with Gasteiger partial charge in [0.2, 0.25) is 0 Å². The normalized spacial score (nSPS) is 6.82. The summed E-state index contributed by atoms with van der Waals surface area (Å²) >= 11 is 0. The van der Waals surface area contributed by atoms with Crippen LogP contribution in [0.1, 0.15) is 0 Å². The van der Waals surface area contributed by atoms with E-state index in [-0.39, 0.29) is 0 Å². The molecule has 0 amide bonds. The third kappa shape index (κ3) is 7.82. The summed E-state index contributed by atoms with van der Waals surface area (Å²) in [5, 5.41) is 16.0. The van der Waals surface area contributed by atoms with Crippen LogP contribution >= 0.6 is 0 Å². The summed E-state index contributed by atoms with van der Waals surface area (Å²) in [5.74, 6) is 7.74. The van der Waals surface area contributed by atoms with Crippen LogP contribution in [-0.4, -0.2) is 11.1 Å². The maximum Gasteiger partial charge on any atom is 0.328 e. The summed E-state index contributed by atoms with van der Waals surface area (Å²) in [6, 6.07) is 1.56. The molecule has 0 saturated carbocycles. The molecular formula is C8H3NO2. The first-order valence-electron chi connectivity index (χ1n) is 2.56. The van der Waals surface area contributed by atoms with Crippen molar-refractivity contribution in [1.29, 1.82) is 5.26 Å². The Hall–Kier alpha value is -2.18. The summed E-state index contributed by atoms with van der Waals surface area (Å²) < 4.78 is 0. The molecule has 0 bridgehead atoms. The van der Waals surface area contributed by atoms with Crippen molar-refractivity contribution < 1.29 is 9.90 Å². The van der Waals surface area contributed by atoms with Gasteiger partial charge >= 0.3 is 5.97 Å². The highest BCUT2D eigenvalue weighted by Gasteiger charge is 1.78. The fourth-order valence-corrected chi connectivity index (χ4v) is 0.250. The minimum absolute atomic E-state index is 0.890. The van der Waals surface area contributed by atoms with Crippen molar-refractivity contribution in [3.63, 3.8) is 0 Å². The Balaban J connectivity index is 3.94. The van der Waals surface area contributed by atoms with Crippen LogP contribution in [0, 0.1) is 35.0 Å². The summed E-state index contributed by atoms with van der Waals surface area (Å²) in [7, 11) is 0. The molecule has 11 heavy (non-hydrogen) atoms. The Labute approximate surface area is 64.0 Å². The third-order valence-corrected chi connectivity index (χ3v) is 0.562. The number of carbonyl (C=O) groups is 1. The number of carboxylic acid groups (broad SMARTS) is 1. The highest BCUT2D eigenvalue weighted by atomic mass is 16.4. The molecule has 0 rings (SSSR count). The second kappa shape index (κ2) is 5.95. The summed E-state index contributed by atoms with van der Waals surface area (Å²) in [6.45, 7) is 0. The first-order chi connectivity index (χ1) is 5.27. The van der Waals surface area contributed by atoms with E-state index in [0.29, 0.717) is 0 Å². The van der Waals surface area contributed by atoms with Crippen LogP contribution in [0.15, 0.2) is 12.2 Å². The summed E-state index contributed by atoms with van der Waals surface area (Å²) in [4.78, 5) is 9.85. The lowest BCUT2D eigenvalue weighted by Gasteiger charge is -1.69. The molecule has 1 N–H and O–H groups in total. The van der Waals surface area contributed by atoms with E-state index in [4.69, 9.17) is 10.4 Å². The van der Waals surface area contributed by atoms with E-state index in [0.717, 1.165) is 12.2 Å². The van der Waals surface area contributed by atoms with Gasteiger partial charge in [0.25, 0.3) is 0 Å². The van der Waals surface area contributed by atoms with Gasteiger partial charge in [0.05, 0.1) is 0 Å². The Morgan fingerprint density at radius 3 is 2.64 bits per heavy atom. The molecule has 3 nitrogen and oxygen atoms in total. The molecule has 52 valence electrons. The van der Waals surface area contributed by atoms with Crippen LogP contribution in [0.5, 0.6) is 0 Å². The van der Waals surface area contributed by atoms with E-state index in [1.165, 1.54) is 0 Å². The molecule has 0 heterocycles. The number of nitrogens with zero attached hydrogens (tertiary/aromatic N) is 1. The Bertz CT molecular complexity index is 325. The molecule has 0 aliphatic rings. The van der Waals surface area contributed by atoms with Crippen molar-refractivity contribution in [2.45, 2.75) is 0 Å². The molecule has 3 heteroatoms. The van der Waals surface area contributed by atoms with Crippen molar-refractivity contribution in [2.75, 3.05) is 0 Å². The van der Waals surface area contributed by atoms with Gasteiger partial charge in [-0.05, 0) is 12.0 Å². The van der Waals surface area contributed by atoms with Gasteiger partial charge in [-0.25, -0.2) is 4.79 Å². The van der Waals surface area contributed by atoms with Gasteiger partial charge in [0, 0.05) is 17.9 Å². The minimum atomic E-state index is -1.06. The highest BCUT2D eigenvalue weighted by molar-refractivity contribution is 5.80. The molecule has 0 fully saturated rings. The number of aliphatic carboxylic acids is 1. The molecule has 0 aromatic carbocycles. The Morgan fingerprint density at radius 2 is 2.09 bits per heavy atom. The molecule has 0 unspecified atom stereocenters. The van der Waals surface area contributed by atoms with Gasteiger partial charge in [-0.3, -0.25) is 0 Å². The molecule has 0 aliphatic carbocycles. The predicted octanol–water partition coefficient (Wildman–Crippen LogP) is 0.158. The minimum Gasteiger partial charge on any atom is -0.478 e. The van der Waals surface area contributed by atoms with Crippen LogP contribution in [-0.2, 0) is 4.79 Å². The van der Waals surface area contributed by atoms with E-state index >= 15 is 0 Å². The van der Waals surface area contributed by atoms with Crippen molar-refractivity contribution in [3.05, 3.63) is 12.2 Å². The summed E-state index contributed by atoms with van der Waals surface area (Å²) in [5.41, 5.74) is 0. The maximum absolute atomic E-state index is 9.85. The zero-order valence-corrected chi connectivity index (χ0v) is 5.46. The molecule has 0 spiro atoms. The van der Waals surface area contributed by atoms with Gasteiger partial charge in [0.15, 0.2) is 6.07 Å². The van der Waals surface area contributed by atoms with E-state index in [2.05, 4.69) is 17.8 Å². The number of hydrogen-bond acceptors (Lipinski definition) is 2. The van der Waals surface area contributed by atoms with Crippen LogP contribution < -0.4 is 0 Å². The van der Waals surface area contributed by atoms with Crippen molar-refractivity contribution in [3.8, 4) is 29.8 Å². The first kappa shape index (κ1) is 8.82. The fraction of sp³-hybridized carbons (Fsp3) is 0. The standard InChI is InChI=1S/C8H3NO2/c9-7-5-3-1-2-4-6-8(10)11/h4,6H,(H,10,11). The number of rotatable bonds is 1. The molecule has 0 aromatic rings. The average molecular weight is 145 g/mol.